The molecular formula is C16H21N3O3S. The quantitative estimate of drug-likeness (QED) is 0.625. The zero-order valence-corrected chi connectivity index (χ0v) is 14.4. The van der Waals surface area contributed by atoms with Gasteiger partial charge in [0.2, 0.25) is 0 Å². The van der Waals surface area contributed by atoms with Crippen molar-refractivity contribution in [2.24, 2.45) is 0 Å². The van der Waals surface area contributed by atoms with E-state index in [0.717, 1.165) is 29.2 Å². The number of fused-ring (bicyclic) bond motifs is 1. The van der Waals surface area contributed by atoms with E-state index in [1.807, 2.05) is 0 Å². The van der Waals surface area contributed by atoms with E-state index < -0.39 is 17.8 Å². The normalized spacial score (nSPS) is 22.4. The van der Waals surface area contributed by atoms with Gasteiger partial charge in [0.1, 0.15) is 0 Å². The number of thiophene rings is 1. The first kappa shape index (κ1) is 16.1. The Morgan fingerprint density at radius 1 is 1.26 bits per heavy atom. The summed E-state index contributed by atoms with van der Waals surface area (Å²) in [5, 5.41) is 2.09. The van der Waals surface area contributed by atoms with Crippen molar-refractivity contribution in [3.63, 3.8) is 0 Å². The fraction of sp³-hybridized carbons (Fsp3) is 0.562. The van der Waals surface area contributed by atoms with E-state index in [-0.39, 0.29) is 18.8 Å². The molecule has 3 heterocycles. The van der Waals surface area contributed by atoms with Gasteiger partial charge in [0, 0.05) is 23.5 Å². The molecule has 1 fully saturated rings. The lowest BCUT2D eigenvalue weighted by Crippen LogP contribution is -2.46. The van der Waals surface area contributed by atoms with Crippen molar-refractivity contribution in [1.29, 1.82) is 0 Å². The van der Waals surface area contributed by atoms with Gasteiger partial charge in [0.15, 0.2) is 0 Å². The van der Waals surface area contributed by atoms with Crippen molar-refractivity contribution in [3.05, 3.63) is 21.9 Å². The molecule has 3 rings (SSSR count). The maximum atomic E-state index is 12.4. The number of hydrogen-bond donors (Lipinski definition) is 0. The Balaban J connectivity index is 1.81. The molecule has 0 aromatic carbocycles. The number of imide groups is 2. The zero-order chi connectivity index (χ0) is 16.7. The van der Waals surface area contributed by atoms with Crippen molar-refractivity contribution in [1.82, 2.24) is 14.7 Å². The Bertz CT molecular complexity index is 655. The highest BCUT2D eigenvalue weighted by Crippen LogP contribution is 2.35. The van der Waals surface area contributed by atoms with E-state index in [9.17, 15) is 14.4 Å². The van der Waals surface area contributed by atoms with Gasteiger partial charge in [-0.1, -0.05) is 6.92 Å². The molecule has 1 aromatic heterocycles. The molecule has 1 aromatic rings. The zero-order valence-electron chi connectivity index (χ0n) is 13.6. The van der Waals surface area contributed by atoms with E-state index in [0.29, 0.717) is 0 Å². The third-order valence-corrected chi connectivity index (χ3v) is 5.51. The van der Waals surface area contributed by atoms with Crippen LogP contribution in [0.2, 0.25) is 0 Å². The first-order valence-corrected chi connectivity index (χ1v) is 8.83. The average molecular weight is 335 g/mol. The number of rotatable bonds is 4. The first-order valence-electron chi connectivity index (χ1n) is 7.95. The third kappa shape index (κ3) is 2.57. The van der Waals surface area contributed by atoms with E-state index in [4.69, 9.17) is 0 Å². The SMILES string of the molecule is CC[C@@H]1c2ccsc2CCN1CN1C(=O)C(=O)N(C(C)C)C1=O. The van der Waals surface area contributed by atoms with Crippen LogP contribution in [0, 0.1) is 0 Å². The van der Waals surface area contributed by atoms with Crippen molar-refractivity contribution in [2.45, 2.75) is 45.7 Å². The second kappa shape index (κ2) is 6.05. The molecule has 0 bridgehead atoms. The summed E-state index contributed by atoms with van der Waals surface area (Å²) in [6.45, 7) is 6.54. The highest BCUT2D eigenvalue weighted by atomic mass is 32.1. The Labute approximate surface area is 139 Å². The molecule has 23 heavy (non-hydrogen) atoms. The molecule has 1 atom stereocenters. The van der Waals surface area contributed by atoms with Crippen LogP contribution in [-0.4, -0.2) is 51.8 Å². The van der Waals surface area contributed by atoms with E-state index in [1.165, 1.54) is 10.4 Å². The molecule has 4 amide bonds. The van der Waals surface area contributed by atoms with Crippen LogP contribution >= 0.6 is 11.3 Å². The molecule has 0 saturated carbocycles. The molecular weight excluding hydrogens is 314 g/mol. The fourth-order valence-electron chi connectivity index (χ4n) is 3.38. The van der Waals surface area contributed by atoms with Crippen LogP contribution in [0.25, 0.3) is 0 Å². The smallest absolute Gasteiger partial charge is 0.278 e. The van der Waals surface area contributed by atoms with Crippen molar-refractivity contribution >= 4 is 29.2 Å². The van der Waals surface area contributed by atoms with E-state index >= 15 is 0 Å². The van der Waals surface area contributed by atoms with Gasteiger partial charge in [-0.2, -0.15) is 0 Å². The minimum atomic E-state index is -0.716. The number of amides is 4. The average Bonchev–Trinajstić information content (AvgIpc) is 3.06. The van der Waals surface area contributed by atoms with Crippen LogP contribution in [0.15, 0.2) is 11.4 Å². The Morgan fingerprint density at radius 2 is 2.00 bits per heavy atom. The predicted octanol–water partition coefficient (Wildman–Crippen LogP) is 2.21. The molecule has 2 aliphatic heterocycles. The standard InChI is InChI=1S/C16H21N3O3S/c1-4-12-11-6-8-23-13(11)5-7-17(12)9-18-14(20)15(21)19(10(2)3)16(18)22/h6,8,10,12H,4-5,7,9H2,1-3H3/t12-/m1/s1. The van der Waals surface area contributed by atoms with Gasteiger partial charge in [0.05, 0.1) is 6.67 Å². The molecule has 0 radical (unpaired) electrons. The molecule has 0 unspecified atom stereocenters. The lowest BCUT2D eigenvalue weighted by Gasteiger charge is -2.36. The third-order valence-electron chi connectivity index (χ3n) is 4.52. The highest BCUT2D eigenvalue weighted by molar-refractivity contribution is 7.10. The summed E-state index contributed by atoms with van der Waals surface area (Å²) in [7, 11) is 0. The minimum Gasteiger partial charge on any atom is -0.278 e. The maximum Gasteiger partial charge on any atom is 0.335 e. The minimum absolute atomic E-state index is 0.181. The van der Waals surface area contributed by atoms with Gasteiger partial charge in [0.25, 0.3) is 0 Å². The summed E-state index contributed by atoms with van der Waals surface area (Å²) in [4.78, 5) is 42.3. The van der Waals surface area contributed by atoms with Gasteiger partial charge in [-0.05, 0) is 43.7 Å². The Kier molecular flexibility index (Phi) is 4.25. The lowest BCUT2D eigenvalue weighted by molar-refractivity contribution is -0.144. The van der Waals surface area contributed by atoms with Crippen molar-refractivity contribution in [3.8, 4) is 0 Å². The van der Waals surface area contributed by atoms with E-state index in [2.05, 4.69) is 23.3 Å². The van der Waals surface area contributed by atoms with Crippen LogP contribution in [-0.2, 0) is 16.0 Å². The lowest BCUT2D eigenvalue weighted by atomic mass is 9.98. The summed E-state index contributed by atoms with van der Waals surface area (Å²) in [5.74, 6) is -1.43. The first-order chi connectivity index (χ1) is 11.0. The van der Waals surface area contributed by atoms with E-state index in [1.54, 1.807) is 25.2 Å². The number of nitrogens with zero attached hydrogens (tertiary/aromatic N) is 3. The van der Waals surface area contributed by atoms with Crippen LogP contribution in [0.1, 0.15) is 43.7 Å². The molecule has 1 saturated heterocycles. The fourth-order valence-corrected chi connectivity index (χ4v) is 4.31. The Hall–Kier alpha value is -1.73. The van der Waals surface area contributed by atoms with Crippen LogP contribution in [0.4, 0.5) is 4.79 Å². The molecule has 2 aliphatic rings. The molecule has 0 aliphatic carbocycles. The predicted molar refractivity (Wildman–Crippen MR) is 86.9 cm³/mol. The highest BCUT2D eigenvalue weighted by Gasteiger charge is 2.46. The Morgan fingerprint density at radius 3 is 2.61 bits per heavy atom. The second-order valence-electron chi connectivity index (χ2n) is 6.21. The van der Waals surface area contributed by atoms with Crippen LogP contribution < -0.4 is 0 Å². The van der Waals surface area contributed by atoms with Gasteiger partial charge in [-0.3, -0.25) is 19.4 Å². The van der Waals surface area contributed by atoms with Crippen molar-refractivity contribution in [2.75, 3.05) is 13.2 Å². The summed E-state index contributed by atoms with van der Waals surface area (Å²) >= 11 is 1.76. The van der Waals surface area contributed by atoms with Crippen LogP contribution in [0.5, 0.6) is 0 Å². The number of urea groups is 1. The second-order valence-corrected chi connectivity index (χ2v) is 7.21. The summed E-state index contributed by atoms with van der Waals surface area (Å²) < 4.78 is 0. The summed E-state index contributed by atoms with van der Waals surface area (Å²) in [6.07, 6.45) is 1.82. The molecule has 124 valence electrons. The van der Waals surface area contributed by atoms with Crippen molar-refractivity contribution < 1.29 is 14.4 Å². The maximum absolute atomic E-state index is 12.4. The number of carbonyl (C=O) groups excluding carboxylic acids is 3. The largest absolute Gasteiger partial charge is 0.335 e. The summed E-state index contributed by atoms with van der Waals surface area (Å²) in [6, 6.07) is 1.50. The number of hydrogen-bond acceptors (Lipinski definition) is 5. The molecule has 7 heteroatoms. The van der Waals surface area contributed by atoms with Gasteiger partial charge >= 0.3 is 17.8 Å². The van der Waals surface area contributed by atoms with Gasteiger partial charge in [-0.25, -0.2) is 9.69 Å². The summed E-state index contributed by atoms with van der Waals surface area (Å²) in [5.41, 5.74) is 1.29. The molecule has 0 spiro atoms. The van der Waals surface area contributed by atoms with Gasteiger partial charge < -0.3 is 0 Å². The topological polar surface area (TPSA) is 60.9 Å². The van der Waals surface area contributed by atoms with Crippen LogP contribution in [0.3, 0.4) is 0 Å². The monoisotopic (exact) mass is 335 g/mol. The van der Waals surface area contributed by atoms with Gasteiger partial charge in [-0.15, -0.1) is 11.3 Å². The molecule has 6 nitrogen and oxygen atoms in total. The number of carbonyl (C=O) groups is 3. The molecule has 0 N–H and O–H groups in total.